The minimum absolute atomic E-state index is 0.0835. The van der Waals surface area contributed by atoms with Gasteiger partial charge in [0, 0.05) is 5.56 Å². The van der Waals surface area contributed by atoms with Gasteiger partial charge in [0.1, 0.15) is 0 Å². The lowest BCUT2D eigenvalue weighted by molar-refractivity contribution is 0.104. The topological polar surface area (TPSA) is 37.3 Å². The molecule has 0 amide bonds. The second-order valence-corrected chi connectivity index (χ2v) is 3.51. The van der Waals surface area contributed by atoms with E-state index in [1.165, 1.54) is 12.2 Å². The number of hydrogen-bond acceptors (Lipinski definition) is 2. The van der Waals surface area contributed by atoms with E-state index in [0.717, 1.165) is 10.8 Å². The molecule has 2 rings (SSSR count). The van der Waals surface area contributed by atoms with Crippen molar-refractivity contribution < 1.29 is 9.90 Å². The van der Waals surface area contributed by atoms with Crippen LogP contribution in [0.4, 0.5) is 0 Å². The lowest BCUT2D eigenvalue weighted by Gasteiger charge is -2.00. The first-order valence-corrected chi connectivity index (χ1v) is 5.12. The van der Waals surface area contributed by atoms with Crippen LogP contribution in [0.2, 0.25) is 0 Å². The van der Waals surface area contributed by atoms with Crippen LogP contribution in [-0.2, 0) is 0 Å². The highest BCUT2D eigenvalue weighted by Crippen LogP contribution is 2.16. The number of fused-ring (bicyclic) bond motifs is 1. The summed E-state index contributed by atoms with van der Waals surface area (Å²) in [5.74, 6) is -0.0835. The Morgan fingerprint density at radius 3 is 2.62 bits per heavy atom. The molecule has 1 N–H and O–H groups in total. The van der Waals surface area contributed by atoms with E-state index in [9.17, 15) is 4.79 Å². The Morgan fingerprint density at radius 1 is 1.12 bits per heavy atom. The SMILES string of the molecule is O=C(/C=C/CO)c1ccc2ccccc2c1. The molecule has 0 saturated heterocycles. The Morgan fingerprint density at radius 2 is 1.88 bits per heavy atom. The summed E-state index contributed by atoms with van der Waals surface area (Å²) in [6.45, 7) is -0.112. The normalized spacial score (nSPS) is 11.1. The summed E-state index contributed by atoms with van der Waals surface area (Å²) < 4.78 is 0. The summed E-state index contributed by atoms with van der Waals surface area (Å²) in [4.78, 5) is 11.6. The number of benzene rings is 2. The highest BCUT2D eigenvalue weighted by atomic mass is 16.2. The van der Waals surface area contributed by atoms with Gasteiger partial charge in [-0.05, 0) is 22.9 Å². The van der Waals surface area contributed by atoms with Crippen LogP contribution in [0, 0.1) is 0 Å². The molecule has 80 valence electrons. The quantitative estimate of drug-likeness (QED) is 0.627. The minimum atomic E-state index is -0.112. The Hall–Kier alpha value is -1.93. The molecule has 0 fully saturated rings. The molecule has 0 aliphatic heterocycles. The van der Waals surface area contributed by atoms with Gasteiger partial charge in [0.05, 0.1) is 6.61 Å². The van der Waals surface area contributed by atoms with Crippen molar-refractivity contribution in [2.75, 3.05) is 6.61 Å². The molecular weight excluding hydrogens is 200 g/mol. The zero-order valence-corrected chi connectivity index (χ0v) is 8.76. The number of rotatable bonds is 3. The summed E-state index contributed by atoms with van der Waals surface area (Å²) in [5, 5.41) is 10.8. The monoisotopic (exact) mass is 212 g/mol. The van der Waals surface area contributed by atoms with Gasteiger partial charge in [0.2, 0.25) is 0 Å². The highest BCUT2D eigenvalue weighted by molar-refractivity contribution is 6.06. The lowest BCUT2D eigenvalue weighted by Crippen LogP contribution is -1.94. The molecule has 0 unspecified atom stereocenters. The predicted molar refractivity (Wildman–Crippen MR) is 64.5 cm³/mol. The van der Waals surface area contributed by atoms with E-state index in [1.54, 1.807) is 6.07 Å². The van der Waals surface area contributed by atoms with Crippen LogP contribution >= 0.6 is 0 Å². The van der Waals surface area contributed by atoms with Crippen LogP contribution < -0.4 is 0 Å². The van der Waals surface area contributed by atoms with E-state index in [-0.39, 0.29) is 12.4 Å². The van der Waals surface area contributed by atoms with Crippen LogP contribution in [0.25, 0.3) is 10.8 Å². The van der Waals surface area contributed by atoms with Crippen LogP contribution in [0.15, 0.2) is 54.6 Å². The van der Waals surface area contributed by atoms with Gasteiger partial charge in [-0.3, -0.25) is 4.79 Å². The first-order valence-electron chi connectivity index (χ1n) is 5.12. The lowest BCUT2D eigenvalue weighted by atomic mass is 10.0. The van der Waals surface area contributed by atoms with Gasteiger partial charge in [0.15, 0.2) is 5.78 Å². The van der Waals surface area contributed by atoms with Gasteiger partial charge in [-0.1, -0.05) is 42.5 Å². The van der Waals surface area contributed by atoms with Gasteiger partial charge in [-0.15, -0.1) is 0 Å². The Labute approximate surface area is 93.8 Å². The third-order valence-electron chi connectivity index (χ3n) is 2.41. The number of hydrogen-bond donors (Lipinski definition) is 1. The number of aliphatic hydroxyl groups excluding tert-OH is 1. The van der Waals surface area contributed by atoms with Gasteiger partial charge in [0.25, 0.3) is 0 Å². The largest absolute Gasteiger partial charge is 0.392 e. The van der Waals surface area contributed by atoms with Crippen LogP contribution in [0.1, 0.15) is 10.4 Å². The van der Waals surface area contributed by atoms with E-state index in [1.807, 2.05) is 36.4 Å². The van der Waals surface area contributed by atoms with Crippen LogP contribution in [0.3, 0.4) is 0 Å². The molecule has 0 aliphatic carbocycles. The molecule has 0 aliphatic rings. The fourth-order valence-electron chi connectivity index (χ4n) is 1.60. The van der Waals surface area contributed by atoms with Gasteiger partial charge in [-0.2, -0.15) is 0 Å². The molecule has 0 heterocycles. The Balaban J connectivity index is 2.39. The number of ketones is 1. The summed E-state index contributed by atoms with van der Waals surface area (Å²) >= 11 is 0. The average Bonchev–Trinajstić information content (AvgIpc) is 2.35. The van der Waals surface area contributed by atoms with Crippen molar-refractivity contribution in [2.45, 2.75) is 0 Å². The maximum Gasteiger partial charge on any atom is 0.185 e. The maximum absolute atomic E-state index is 11.6. The summed E-state index contributed by atoms with van der Waals surface area (Å²) in [6, 6.07) is 13.5. The second-order valence-electron chi connectivity index (χ2n) is 3.51. The molecule has 2 heteroatoms. The number of aliphatic hydroxyl groups is 1. The molecule has 2 aromatic rings. The third-order valence-corrected chi connectivity index (χ3v) is 2.41. The second kappa shape index (κ2) is 4.73. The fourth-order valence-corrected chi connectivity index (χ4v) is 1.60. The average molecular weight is 212 g/mol. The molecule has 0 atom stereocenters. The predicted octanol–water partition coefficient (Wildman–Crippen LogP) is 2.57. The first kappa shape index (κ1) is 10.6. The van der Waals surface area contributed by atoms with Crippen LogP contribution in [-0.4, -0.2) is 17.5 Å². The Kier molecular flexibility index (Phi) is 3.13. The van der Waals surface area contributed by atoms with Crippen molar-refractivity contribution >= 4 is 16.6 Å². The summed E-state index contributed by atoms with van der Waals surface area (Å²) in [6.07, 6.45) is 2.83. The molecule has 16 heavy (non-hydrogen) atoms. The molecule has 0 radical (unpaired) electrons. The first-order chi connectivity index (χ1) is 7.81. The van der Waals surface area contributed by atoms with E-state index in [4.69, 9.17) is 5.11 Å². The number of carbonyl (C=O) groups excluding carboxylic acids is 1. The summed E-state index contributed by atoms with van der Waals surface area (Å²) in [5.41, 5.74) is 0.642. The fraction of sp³-hybridized carbons (Fsp3) is 0.0714. The highest BCUT2D eigenvalue weighted by Gasteiger charge is 2.02. The minimum Gasteiger partial charge on any atom is -0.392 e. The zero-order valence-electron chi connectivity index (χ0n) is 8.76. The molecule has 2 nitrogen and oxygen atoms in total. The maximum atomic E-state index is 11.6. The van der Waals surface area contributed by atoms with E-state index in [2.05, 4.69) is 0 Å². The molecule has 0 saturated carbocycles. The van der Waals surface area contributed by atoms with Crippen molar-refractivity contribution in [3.05, 3.63) is 60.2 Å². The van der Waals surface area contributed by atoms with Crippen molar-refractivity contribution in [3.8, 4) is 0 Å². The van der Waals surface area contributed by atoms with Gasteiger partial charge >= 0.3 is 0 Å². The zero-order chi connectivity index (χ0) is 11.4. The molecule has 0 spiro atoms. The smallest absolute Gasteiger partial charge is 0.185 e. The molecular formula is C14H12O2. The Bertz CT molecular complexity index is 541. The van der Waals surface area contributed by atoms with Crippen molar-refractivity contribution in [1.82, 2.24) is 0 Å². The van der Waals surface area contributed by atoms with Crippen LogP contribution in [0.5, 0.6) is 0 Å². The van der Waals surface area contributed by atoms with Gasteiger partial charge in [-0.25, -0.2) is 0 Å². The van der Waals surface area contributed by atoms with Crippen molar-refractivity contribution in [2.24, 2.45) is 0 Å². The molecule has 0 aromatic heterocycles. The van der Waals surface area contributed by atoms with Crippen molar-refractivity contribution in [1.29, 1.82) is 0 Å². The number of allylic oxidation sites excluding steroid dienone is 1. The van der Waals surface area contributed by atoms with E-state index in [0.29, 0.717) is 5.56 Å². The van der Waals surface area contributed by atoms with E-state index < -0.39 is 0 Å². The third kappa shape index (κ3) is 2.18. The van der Waals surface area contributed by atoms with Crippen molar-refractivity contribution in [3.63, 3.8) is 0 Å². The van der Waals surface area contributed by atoms with Gasteiger partial charge < -0.3 is 5.11 Å². The summed E-state index contributed by atoms with van der Waals surface area (Å²) in [7, 11) is 0. The molecule has 0 bridgehead atoms. The molecule has 2 aromatic carbocycles. The standard InChI is InChI=1S/C14H12O2/c15-9-3-6-14(16)13-8-7-11-4-1-2-5-12(11)10-13/h1-8,10,15H,9H2/b6-3+. The van der Waals surface area contributed by atoms with E-state index >= 15 is 0 Å². The number of carbonyl (C=O) groups is 1.